The van der Waals surface area contributed by atoms with Crippen LogP contribution < -0.4 is 3.11 Å². The number of pyridine rings is 1. The molecule has 1 aromatic rings. The van der Waals surface area contributed by atoms with Crippen molar-refractivity contribution in [3.63, 3.8) is 0 Å². The first-order valence-electron chi connectivity index (χ1n) is 3.23. The first-order chi connectivity index (χ1) is 5.61. The third kappa shape index (κ3) is 2.07. The van der Waals surface area contributed by atoms with Crippen LogP contribution in [0.3, 0.4) is 0 Å². The van der Waals surface area contributed by atoms with Crippen LogP contribution >= 0.6 is 22.9 Å². The zero-order valence-corrected chi connectivity index (χ0v) is 8.52. The lowest BCUT2D eigenvalue weighted by molar-refractivity contribution is 0.207. The summed E-state index contributed by atoms with van der Waals surface area (Å²) in [6.07, 6.45) is 0.525. The molecule has 4 nitrogen and oxygen atoms in total. The van der Waals surface area contributed by atoms with Crippen molar-refractivity contribution in [3.8, 4) is 0 Å². The lowest BCUT2D eigenvalue weighted by Gasteiger charge is -2.08. The van der Waals surface area contributed by atoms with Crippen molar-refractivity contribution in [1.82, 2.24) is 4.98 Å². The van der Waals surface area contributed by atoms with Crippen LogP contribution in [0, 0.1) is 6.92 Å². The Kier molecular flexibility index (Phi) is 2.85. The Morgan fingerprint density at radius 1 is 1.67 bits per heavy atom. The van der Waals surface area contributed by atoms with Crippen molar-refractivity contribution in [2.75, 3.05) is 3.11 Å². The summed E-state index contributed by atoms with van der Waals surface area (Å²) in [5, 5.41) is 8.60. The molecule has 1 heterocycles. The van der Waals surface area contributed by atoms with E-state index in [1.54, 1.807) is 35.0 Å². The molecule has 0 saturated heterocycles. The van der Waals surface area contributed by atoms with E-state index in [-0.39, 0.29) is 0 Å². The molecule has 0 aliphatic rings. The summed E-state index contributed by atoms with van der Waals surface area (Å²) in [6.45, 7) is 1.85. The van der Waals surface area contributed by atoms with Crippen LogP contribution in [0.2, 0.25) is 0 Å². The summed E-state index contributed by atoms with van der Waals surface area (Å²) in [5.74, 6) is 0. The third-order valence-corrected chi connectivity index (χ3v) is 2.26. The monoisotopic (exact) mass is 278 g/mol. The fourth-order valence-electron chi connectivity index (χ4n) is 0.687. The van der Waals surface area contributed by atoms with E-state index in [9.17, 15) is 4.79 Å². The molecule has 0 atom stereocenters. The Morgan fingerprint density at radius 2 is 2.33 bits per heavy atom. The van der Waals surface area contributed by atoms with E-state index in [1.807, 2.05) is 6.92 Å². The quantitative estimate of drug-likeness (QED) is 0.633. The molecule has 0 bridgehead atoms. The highest BCUT2D eigenvalue weighted by Crippen LogP contribution is 2.16. The van der Waals surface area contributed by atoms with E-state index in [0.717, 1.165) is 8.81 Å². The number of anilines is 1. The molecule has 0 aromatic carbocycles. The first kappa shape index (κ1) is 9.24. The molecule has 1 N–H and O–H groups in total. The molecular weight excluding hydrogens is 271 g/mol. The SMILES string of the molecule is Cc1ccc(N(I)C(=O)O)cn1. The van der Waals surface area contributed by atoms with Crippen molar-refractivity contribution in [1.29, 1.82) is 0 Å². The van der Waals surface area contributed by atoms with Crippen molar-refractivity contribution < 1.29 is 9.90 Å². The van der Waals surface area contributed by atoms with E-state index < -0.39 is 6.09 Å². The zero-order valence-electron chi connectivity index (χ0n) is 6.36. The average Bonchev–Trinajstić information content (AvgIpc) is 2.04. The van der Waals surface area contributed by atoms with Gasteiger partial charge in [-0.3, -0.25) is 4.98 Å². The van der Waals surface area contributed by atoms with E-state index in [1.165, 1.54) is 6.20 Å². The lowest BCUT2D eigenvalue weighted by atomic mass is 10.3. The molecule has 1 amide bonds. The number of aryl methyl sites for hydroxylation is 1. The van der Waals surface area contributed by atoms with Gasteiger partial charge in [0.25, 0.3) is 0 Å². The van der Waals surface area contributed by atoms with Crippen LogP contribution in [-0.4, -0.2) is 16.2 Å². The lowest BCUT2D eigenvalue weighted by Crippen LogP contribution is -2.16. The van der Waals surface area contributed by atoms with E-state index in [4.69, 9.17) is 5.11 Å². The van der Waals surface area contributed by atoms with Crippen LogP contribution in [0.25, 0.3) is 0 Å². The molecule has 0 spiro atoms. The van der Waals surface area contributed by atoms with Crippen molar-refractivity contribution in [2.45, 2.75) is 6.92 Å². The Bertz CT molecular complexity index is 286. The molecule has 1 rings (SSSR count). The highest BCUT2D eigenvalue weighted by atomic mass is 127. The number of carbonyl (C=O) groups is 1. The van der Waals surface area contributed by atoms with Gasteiger partial charge in [0.05, 0.1) is 34.7 Å². The van der Waals surface area contributed by atoms with Gasteiger partial charge < -0.3 is 5.11 Å². The number of hydrogen-bond acceptors (Lipinski definition) is 2. The van der Waals surface area contributed by atoms with Gasteiger partial charge in [0.15, 0.2) is 0 Å². The molecule has 0 unspecified atom stereocenters. The fraction of sp³-hybridized carbons (Fsp3) is 0.143. The minimum absolute atomic E-state index is 0.564. The van der Waals surface area contributed by atoms with Crippen molar-refractivity contribution >= 4 is 34.6 Å². The molecule has 0 aliphatic heterocycles. The molecule has 0 fully saturated rings. The van der Waals surface area contributed by atoms with Gasteiger partial charge in [-0.05, 0) is 19.1 Å². The van der Waals surface area contributed by atoms with E-state index >= 15 is 0 Å². The predicted octanol–water partition coefficient (Wildman–Crippen LogP) is 2.22. The Labute approximate surface area is 83.7 Å². The third-order valence-electron chi connectivity index (χ3n) is 1.29. The Balaban J connectivity index is 2.89. The maximum absolute atomic E-state index is 10.5. The summed E-state index contributed by atoms with van der Waals surface area (Å²) in [4.78, 5) is 14.4. The molecule has 12 heavy (non-hydrogen) atoms. The second-order valence-corrected chi connectivity index (χ2v) is 3.19. The zero-order chi connectivity index (χ0) is 9.14. The second kappa shape index (κ2) is 3.70. The molecule has 0 radical (unpaired) electrons. The van der Waals surface area contributed by atoms with Gasteiger partial charge in [0, 0.05) is 5.69 Å². The van der Waals surface area contributed by atoms with Gasteiger partial charge in [-0.25, -0.2) is 7.91 Å². The molecule has 1 aromatic heterocycles. The number of amides is 1. The average molecular weight is 278 g/mol. The molecule has 64 valence electrons. The summed E-state index contributed by atoms with van der Waals surface area (Å²) in [7, 11) is 0. The minimum Gasteiger partial charge on any atom is -0.464 e. The molecule has 5 heteroatoms. The van der Waals surface area contributed by atoms with Gasteiger partial charge in [-0.15, -0.1) is 0 Å². The number of hydrogen-bond donors (Lipinski definition) is 1. The van der Waals surface area contributed by atoms with Crippen molar-refractivity contribution in [2.24, 2.45) is 0 Å². The Hall–Kier alpha value is -0.850. The topological polar surface area (TPSA) is 53.4 Å². The van der Waals surface area contributed by atoms with Crippen LogP contribution in [0.15, 0.2) is 18.3 Å². The van der Waals surface area contributed by atoms with Crippen LogP contribution in [-0.2, 0) is 0 Å². The van der Waals surface area contributed by atoms with Crippen LogP contribution in [0.1, 0.15) is 5.69 Å². The largest absolute Gasteiger partial charge is 0.464 e. The van der Waals surface area contributed by atoms with E-state index in [0.29, 0.717) is 5.69 Å². The fourth-order valence-corrected chi connectivity index (χ4v) is 0.972. The number of nitrogens with zero attached hydrogens (tertiary/aromatic N) is 2. The molecule has 0 aliphatic carbocycles. The maximum Gasteiger partial charge on any atom is 0.420 e. The van der Waals surface area contributed by atoms with Crippen molar-refractivity contribution in [3.05, 3.63) is 24.0 Å². The number of rotatable bonds is 1. The molecule has 0 saturated carbocycles. The smallest absolute Gasteiger partial charge is 0.420 e. The standard InChI is InChI=1S/C7H7IN2O2/c1-5-2-3-6(4-9-5)10(8)7(11)12/h2-4H,1H3,(H,11,12). The van der Waals surface area contributed by atoms with Gasteiger partial charge >= 0.3 is 6.09 Å². The van der Waals surface area contributed by atoms with Gasteiger partial charge in [-0.2, -0.15) is 0 Å². The van der Waals surface area contributed by atoms with Crippen LogP contribution in [0.5, 0.6) is 0 Å². The van der Waals surface area contributed by atoms with E-state index in [2.05, 4.69) is 4.98 Å². The maximum atomic E-state index is 10.5. The normalized spacial score (nSPS) is 9.50. The summed E-state index contributed by atoms with van der Waals surface area (Å²) in [6, 6.07) is 3.48. The van der Waals surface area contributed by atoms with Gasteiger partial charge in [-0.1, -0.05) is 0 Å². The highest BCUT2D eigenvalue weighted by Gasteiger charge is 2.09. The minimum atomic E-state index is -0.999. The second-order valence-electron chi connectivity index (χ2n) is 2.22. The first-order valence-corrected chi connectivity index (χ1v) is 4.19. The van der Waals surface area contributed by atoms with Gasteiger partial charge in [0.1, 0.15) is 0 Å². The summed E-state index contributed by atoms with van der Waals surface area (Å²) in [5.41, 5.74) is 1.43. The van der Waals surface area contributed by atoms with Crippen LogP contribution in [0.4, 0.5) is 10.5 Å². The Morgan fingerprint density at radius 3 is 2.75 bits per heavy atom. The highest BCUT2D eigenvalue weighted by molar-refractivity contribution is 14.1. The van der Waals surface area contributed by atoms with Gasteiger partial charge in [0.2, 0.25) is 0 Å². The number of halogens is 1. The number of aromatic nitrogens is 1. The summed E-state index contributed by atoms with van der Waals surface area (Å²) < 4.78 is 1.09. The predicted molar refractivity (Wildman–Crippen MR) is 53.5 cm³/mol. The molecular formula is C7H7IN2O2. The number of carboxylic acid groups (broad SMARTS) is 1. The summed E-state index contributed by atoms with van der Waals surface area (Å²) >= 11 is 1.70.